The van der Waals surface area contributed by atoms with Crippen LogP contribution >= 0.6 is 0 Å². The molecule has 2 amide bonds. The van der Waals surface area contributed by atoms with E-state index >= 15 is 0 Å². The van der Waals surface area contributed by atoms with E-state index in [-0.39, 0.29) is 11.6 Å². The van der Waals surface area contributed by atoms with Crippen molar-refractivity contribution >= 4 is 11.9 Å². The Morgan fingerprint density at radius 2 is 2.06 bits per heavy atom. The average molecular weight is 251 g/mol. The minimum Gasteiger partial charge on any atom is -0.385 e. The van der Waals surface area contributed by atoms with Gasteiger partial charge in [-0.3, -0.25) is 0 Å². The van der Waals surface area contributed by atoms with Gasteiger partial charge >= 0.3 is 6.03 Å². The summed E-state index contributed by atoms with van der Waals surface area (Å²) in [6, 6.07) is -0.129. The summed E-state index contributed by atoms with van der Waals surface area (Å²) in [6.45, 7) is 7.27. The van der Waals surface area contributed by atoms with E-state index in [1.165, 1.54) is 6.42 Å². The molecule has 4 heteroatoms. The van der Waals surface area contributed by atoms with Crippen molar-refractivity contribution in [3.8, 4) is 0 Å². The molecule has 2 aliphatic rings. The Morgan fingerprint density at radius 1 is 1.44 bits per heavy atom. The smallest absolute Gasteiger partial charge is 0.346 e. The number of carbonyl (C=O) groups is 1. The number of carbonyl (C=O) groups excluding carboxylic acids is 1. The van der Waals surface area contributed by atoms with Gasteiger partial charge in [-0.25, -0.2) is 4.79 Å². The van der Waals surface area contributed by atoms with Crippen molar-refractivity contribution < 1.29 is 4.79 Å². The molecule has 2 rings (SSSR count). The predicted octanol–water partition coefficient (Wildman–Crippen LogP) is 2.77. The highest BCUT2D eigenvalue weighted by Crippen LogP contribution is 2.41. The van der Waals surface area contributed by atoms with Crippen molar-refractivity contribution in [2.75, 3.05) is 6.54 Å². The van der Waals surface area contributed by atoms with Gasteiger partial charge in [0, 0.05) is 6.54 Å². The molecule has 2 N–H and O–H groups in total. The van der Waals surface area contributed by atoms with Crippen LogP contribution in [-0.4, -0.2) is 28.9 Å². The summed E-state index contributed by atoms with van der Waals surface area (Å²) >= 11 is 0. The maximum Gasteiger partial charge on any atom is 0.346 e. The van der Waals surface area contributed by atoms with Crippen molar-refractivity contribution in [3.63, 3.8) is 0 Å². The number of rotatable bonds is 3. The van der Waals surface area contributed by atoms with Gasteiger partial charge in [-0.05, 0) is 37.5 Å². The molecule has 102 valence electrons. The van der Waals surface area contributed by atoms with Crippen molar-refractivity contribution in [3.05, 3.63) is 0 Å². The van der Waals surface area contributed by atoms with Crippen molar-refractivity contribution in [2.45, 2.75) is 58.4 Å². The van der Waals surface area contributed by atoms with E-state index in [0.717, 1.165) is 38.1 Å². The van der Waals surface area contributed by atoms with Gasteiger partial charge in [-0.15, -0.1) is 0 Å². The highest BCUT2D eigenvalue weighted by molar-refractivity contribution is 6.05. The lowest BCUT2D eigenvalue weighted by atomic mass is 9.74. The van der Waals surface area contributed by atoms with Crippen LogP contribution in [0.2, 0.25) is 0 Å². The summed E-state index contributed by atoms with van der Waals surface area (Å²) in [5, 5.41) is 0. The average Bonchev–Trinajstić information content (AvgIpc) is 2.55. The van der Waals surface area contributed by atoms with E-state index in [0.29, 0.717) is 11.8 Å². The van der Waals surface area contributed by atoms with E-state index in [4.69, 9.17) is 5.73 Å². The van der Waals surface area contributed by atoms with Gasteiger partial charge in [0.25, 0.3) is 0 Å². The molecular weight excluding hydrogens is 226 g/mol. The van der Waals surface area contributed by atoms with E-state index in [2.05, 4.69) is 25.8 Å². The van der Waals surface area contributed by atoms with Crippen LogP contribution < -0.4 is 5.73 Å². The van der Waals surface area contributed by atoms with Crippen LogP contribution in [-0.2, 0) is 0 Å². The summed E-state index contributed by atoms with van der Waals surface area (Å²) in [5.41, 5.74) is 5.82. The molecule has 1 heterocycles. The molecule has 0 atom stereocenters. The molecular formula is C14H25N3O. The van der Waals surface area contributed by atoms with Crippen molar-refractivity contribution in [1.29, 1.82) is 0 Å². The van der Waals surface area contributed by atoms with Crippen LogP contribution in [0.4, 0.5) is 4.79 Å². The highest BCUT2D eigenvalue weighted by Gasteiger charge is 2.49. The normalized spacial score (nSPS) is 32.4. The lowest BCUT2D eigenvalue weighted by molar-refractivity contribution is 0.116. The van der Waals surface area contributed by atoms with Crippen LogP contribution in [0.25, 0.3) is 0 Å². The summed E-state index contributed by atoms with van der Waals surface area (Å²) in [5.74, 6) is 1.80. The summed E-state index contributed by atoms with van der Waals surface area (Å²) < 4.78 is 0. The Kier molecular flexibility index (Phi) is 3.64. The van der Waals surface area contributed by atoms with Gasteiger partial charge in [0.05, 0.1) is 0 Å². The molecule has 0 aromatic heterocycles. The van der Waals surface area contributed by atoms with Gasteiger partial charge < -0.3 is 10.6 Å². The van der Waals surface area contributed by atoms with Crippen LogP contribution in [0, 0.1) is 11.8 Å². The molecule has 18 heavy (non-hydrogen) atoms. The van der Waals surface area contributed by atoms with Gasteiger partial charge in [0.15, 0.2) is 0 Å². The number of urea groups is 1. The molecule has 1 aliphatic heterocycles. The monoisotopic (exact) mass is 251 g/mol. The second-order valence-corrected chi connectivity index (χ2v) is 6.17. The Hall–Kier alpha value is -1.06. The zero-order valence-corrected chi connectivity index (χ0v) is 11.8. The molecule has 1 fully saturated rings. The first-order chi connectivity index (χ1) is 8.49. The topological polar surface area (TPSA) is 58.7 Å². The molecule has 0 unspecified atom stereocenters. The molecule has 1 spiro atoms. The Bertz CT molecular complexity index is 354. The van der Waals surface area contributed by atoms with E-state index in [9.17, 15) is 4.79 Å². The molecule has 0 aromatic rings. The molecule has 0 bridgehead atoms. The van der Waals surface area contributed by atoms with Crippen LogP contribution in [0.1, 0.15) is 52.9 Å². The highest BCUT2D eigenvalue weighted by atomic mass is 16.2. The number of hydrogen-bond acceptors (Lipinski definition) is 2. The quantitative estimate of drug-likeness (QED) is 0.838. The first-order valence-electron chi connectivity index (χ1n) is 7.16. The Morgan fingerprint density at radius 3 is 2.56 bits per heavy atom. The standard InChI is InChI=1S/C14H25N3O/c1-4-11-5-7-14(8-6-11)12(15)16-13(18)17(14)9-10(2)3/h10-11H,4-9H2,1-3H3,(H2,15,16,18). The zero-order chi connectivity index (χ0) is 13.3. The first-order valence-corrected chi connectivity index (χ1v) is 7.16. The second kappa shape index (κ2) is 4.90. The van der Waals surface area contributed by atoms with Gasteiger partial charge in [0.1, 0.15) is 11.4 Å². The molecule has 0 saturated heterocycles. The SMILES string of the molecule is CCC1CCC2(CC1)C(N)=NC(=O)N2CC(C)C. The Balaban J connectivity index is 2.18. The Labute approximate surface area is 110 Å². The van der Waals surface area contributed by atoms with Crippen molar-refractivity contribution in [2.24, 2.45) is 22.6 Å². The minimum absolute atomic E-state index is 0.129. The third-order valence-electron chi connectivity index (χ3n) is 4.50. The zero-order valence-electron chi connectivity index (χ0n) is 11.8. The molecule has 1 saturated carbocycles. The van der Waals surface area contributed by atoms with Gasteiger partial charge in [-0.2, -0.15) is 4.99 Å². The molecule has 1 aliphatic carbocycles. The van der Waals surface area contributed by atoms with Crippen LogP contribution in [0.5, 0.6) is 0 Å². The second-order valence-electron chi connectivity index (χ2n) is 6.17. The predicted molar refractivity (Wildman–Crippen MR) is 73.5 cm³/mol. The summed E-state index contributed by atoms with van der Waals surface area (Å²) in [6.07, 6.45) is 5.52. The van der Waals surface area contributed by atoms with E-state index in [1.807, 2.05) is 4.90 Å². The summed E-state index contributed by atoms with van der Waals surface area (Å²) in [7, 11) is 0. The maximum absolute atomic E-state index is 12.0. The van der Waals surface area contributed by atoms with E-state index in [1.54, 1.807) is 0 Å². The number of aliphatic imine (C=N–C) groups is 1. The summed E-state index contributed by atoms with van der Waals surface area (Å²) in [4.78, 5) is 18.0. The van der Waals surface area contributed by atoms with E-state index < -0.39 is 0 Å². The van der Waals surface area contributed by atoms with Gasteiger partial charge in [0.2, 0.25) is 0 Å². The fourth-order valence-corrected chi connectivity index (χ4v) is 3.30. The third-order valence-corrected chi connectivity index (χ3v) is 4.50. The number of nitrogens with zero attached hydrogens (tertiary/aromatic N) is 2. The lowest BCUT2D eigenvalue weighted by Gasteiger charge is -2.43. The number of amidine groups is 1. The maximum atomic E-state index is 12.0. The molecule has 0 aromatic carbocycles. The molecule has 4 nitrogen and oxygen atoms in total. The largest absolute Gasteiger partial charge is 0.385 e. The molecule has 0 radical (unpaired) electrons. The van der Waals surface area contributed by atoms with Crippen LogP contribution in [0.15, 0.2) is 4.99 Å². The fourth-order valence-electron chi connectivity index (χ4n) is 3.30. The third kappa shape index (κ3) is 2.13. The number of amides is 2. The minimum atomic E-state index is -0.257. The van der Waals surface area contributed by atoms with Gasteiger partial charge in [-0.1, -0.05) is 27.2 Å². The fraction of sp³-hybridized carbons (Fsp3) is 0.857. The van der Waals surface area contributed by atoms with Crippen LogP contribution in [0.3, 0.4) is 0 Å². The number of hydrogen-bond donors (Lipinski definition) is 1. The first kappa shape index (κ1) is 13.4. The van der Waals surface area contributed by atoms with Crippen molar-refractivity contribution in [1.82, 2.24) is 4.90 Å². The number of nitrogens with two attached hydrogens (primary N) is 1. The lowest BCUT2D eigenvalue weighted by Crippen LogP contribution is -2.56.